The van der Waals surface area contributed by atoms with E-state index in [2.05, 4.69) is 21.7 Å². The number of thioether (sulfide) groups is 1. The summed E-state index contributed by atoms with van der Waals surface area (Å²) in [6.07, 6.45) is 0.222. The van der Waals surface area contributed by atoms with Gasteiger partial charge in [-0.25, -0.2) is 0 Å². The van der Waals surface area contributed by atoms with Crippen LogP contribution in [-0.2, 0) is 17.8 Å². The summed E-state index contributed by atoms with van der Waals surface area (Å²) in [6.45, 7) is 0.602. The minimum Gasteiger partial charge on any atom is -0.379 e. The molecule has 0 spiro atoms. The van der Waals surface area contributed by atoms with Gasteiger partial charge in [0.05, 0.1) is 24.2 Å². The second-order valence-electron chi connectivity index (χ2n) is 7.17. The highest BCUT2D eigenvalue weighted by Crippen LogP contribution is 2.26. The van der Waals surface area contributed by atoms with Crippen molar-refractivity contribution in [3.8, 4) is 0 Å². The molecule has 4 nitrogen and oxygen atoms in total. The number of nitrogens with one attached hydrogen (secondary N) is 2. The van der Waals surface area contributed by atoms with Gasteiger partial charge in [0.2, 0.25) is 5.91 Å². The predicted octanol–water partition coefficient (Wildman–Crippen LogP) is 6.34. The number of pyridine rings is 1. The number of halogens is 2. The number of nitrogens with zero attached hydrogens (tertiary/aromatic N) is 1. The van der Waals surface area contributed by atoms with Crippen molar-refractivity contribution in [3.05, 3.63) is 96.2 Å². The van der Waals surface area contributed by atoms with E-state index in [9.17, 15) is 13.6 Å². The number of hydrogen-bond acceptors (Lipinski definition) is 4. The van der Waals surface area contributed by atoms with E-state index in [0.29, 0.717) is 28.9 Å². The molecule has 1 heterocycles. The predicted molar refractivity (Wildman–Crippen MR) is 126 cm³/mol. The molecule has 4 aromatic rings. The fourth-order valence-electron chi connectivity index (χ4n) is 3.25. The lowest BCUT2D eigenvalue weighted by molar-refractivity contribution is -0.115. The topological polar surface area (TPSA) is 54.0 Å². The lowest BCUT2D eigenvalue weighted by Crippen LogP contribution is -2.14. The maximum absolute atomic E-state index is 12.4. The first-order valence-corrected chi connectivity index (χ1v) is 11.0. The van der Waals surface area contributed by atoms with Gasteiger partial charge in [-0.05, 0) is 54.1 Å². The highest BCUT2D eigenvalue weighted by molar-refractivity contribution is 7.99. The molecule has 0 fully saturated rings. The van der Waals surface area contributed by atoms with Gasteiger partial charge in [0.15, 0.2) is 0 Å². The minimum atomic E-state index is -2.46. The number of benzene rings is 3. The van der Waals surface area contributed by atoms with Gasteiger partial charge in [-0.3, -0.25) is 9.78 Å². The molecule has 0 aliphatic rings. The van der Waals surface area contributed by atoms with Crippen molar-refractivity contribution in [2.75, 3.05) is 10.6 Å². The molecule has 1 aromatic heterocycles. The molecule has 0 radical (unpaired) electrons. The Bertz CT molecular complexity index is 1200. The van der Waals surface area contributed by atoms with Gasteiger partial charge in [-0.15, -0.1) is 0 Å². The molecule has 162 valence electrons. The van der Waals surface area contributed by atoms with E-state index in [1.54, 1.807) is 24.3 Å². The normalized spacial score (nSPS) is 11.0. The summed E-state index contributed by atoms with van der Waals surface area (Å²) in [5, 5.41) is 7.25. The second-order valence-corrected chi connectivity index (χ2v) is 8.24. The summed E-state index contributed by atoms with van der Waals surface area (Å²) >= 11 is 0.477. The fraction of sp³-hybridized carbons (Fsp3) is 0.120. The third-order valence-corrected chi connectivity index (χ3v) is 5.53. The van der Waals surface area contributed by atoms with Crippen LogP contribution in [0.25, 0.3) is 10.9 Å². The highest BCUT2D eigenvalue weighted by atomic mass is 32.2. The zero-order chi connectivity index (χ0) is 22.3. The average Bonchev–Trinajstić information content (AvgIpc) is 2.79. The number of alkyl halides is 2. The summed E-state index contributed by atoms with van der Waals surface area (Å²) in [5.74, 6) is -2.63. The monoisotopic (exact) mass is 449 g/mol. The van der Waals surface area contributed by atoms with E-state index in [1.165, 1.54) is 0 Å². The summed E-state index contributed by atoms with van der Waals surface area (Å²) in [6, 6.07) is 26.1. The highest BCUT2D eigenvalue weighted by Gasteiger charge is 2.07. The largest absolute Gasteiger partial charge is 0.379 e. The van der Waals surface area contributed by atoms with E-state index in [4.69, 9.17) is 0 Å². The van der Waals surface area contributed by atoms with Gasteiger partial charge in [0.1, 0.15) is 0 Å². The SMILES string of the molecule is O=C(Cc1ccc(NCc2ccc3ccccc3n2)cc1)Nc1ccc(SC(F)F)cc1. The molecular formula is C25H21F2N3OS. The first-order chi connectivity index (χ1) is 15.5. The van der Waals surface area contributed by atoms with Crippen molar-refractivity contribution in [2.24, 2.45) is 0 Å². The van der Waals surface area contributed by atoms with Crippen LogP contribution in [0.4, 0.5) is 20.2 Å². The molecule has 2 N–H and O–H groups in total. The Morgan fingerprint density at radius 2 is 1.59 bits per heavy atom. The molecule has 32 heavy (non-hydrogen) atoms. The Morgan fingerprint density at radius 1 is 0.875 bits per heavy atom. The molecule has 0 unspecified atom stereocenters. The van der Waals surface area contributed by atoms with Crippen molar-refractivity contribution in [1.29, 1.82) is 0 Å². The van der Waals surface area contributed by atoms with Crippen LogP contribution in [0.3, 0.4) is 0 Å². The van der Waals surface area contributed by atoms with Gasteiger partial charge in [-0.1, -0.05) is 48.2 Å². The summed E-state index contributed by atoms with van der Waals surface area (Å²) in [7, 11) is 0. The van der Waals surface area contributed by atoms with Crippen LogP contribution in [0.15, 0.2) is 89.8 Å². The maximum Gasteiger partial charge on any atom is 0.288 e. The van der Waals surface area contributed by atoms with Crippen molar-refractivity contribution >= 4 is 39.9 Å². The molecule has 3 aromatic carbocycles. The lowest BCUT2D eigenvalue weighted by atomic mass is 10.1. The number of rotatable bonds is 8. The number of fused-ring (bicyclic) bond motifs is 1. The Labute approximate surface area is 189 Å². The van der Waals surface area contributed by atoms with E-state index in [1.807, 2.05) is 54.6 Å². The number of carbonyl (C=O) groups excluding carboxylic acids is 1. The Hall–Kier alpha value is -3.45. The van der Waals surface area contributed by atoms with Crippen LogP contribution in [0.1, 0.15) is 11.3 Å². The number of carbonyl (C=O) groups is 1. The Balaban J connectivity index is 1.28. The summed E-state index contributed by atoms with van der Waals surface area (Å²) in [5.41, 5.74) is 4.31. The van der Waals surface area contributed by atoms with Gasteiger partial charge >= 0.3 is 0 Å². The lowest BCUT2D eigenvalue weighted by Gasteiger charge is -2.09. The van der Waals surface area contributed by atoms with Gasteiger partial charge in [0.25, 0.3) is 5.76 Å². The van der Waals surface area contributed by atoms with E-state index in [-0.39, 0.29) is 12.3 Å². The van der Waals surface area contributed by atoms with Crippen LogP contribution >= 0.6 is 11.8 Å². The van der Waals surface area contributed by atoms with Crippen LogP contribution in [0.5, 0.6) is 0 Å². The summed E-state index contributed by atoms with van der Waals surface area (Å²) < 4.78 is 24.8. The molecule has 0 aliphatic heterocycles. The first kappa shape index (κ1) is 21.8. The average molecular weight is 450 g/mol. The number of amides is 1. The third-order valence-electron chi connectivity index (χ3n) is 4.81. The fourth-order valence-corrected chi connectivity index (χ4v) is 3.75. The van der Waals surface area contributed by atoms with Gasteiger partial charge in [-0.2, -0.15) is 8.78 Å². The number of aromatic nitrogens is 1. The molecule has 4 rings (SSSR count). The van der Waals surface area contributed by atoms with Crippen LogP contribution in [0, 0.1) is 0 Å². The quantitative estimate of drug-likeness (QED) is 0.308. The van der Waals surface area contributed by atoms with E-state index < -0.39 is 5.76 Å². The zero-order valence-electron chi connectivity index (χ0n) is 17.1. The Morgan fingerprint density at radius 3 is 2.34 bits per heavy atom. The third kappa shape index (κ3) is 6.04. The van der Waals surface area contributed by atoms with Crippen molar-refractivity contribution < 1.29 is 13.6 Å². The van der Waals surface area contributed by atoms with E-state index >= 15 is 0 Å². The molecule has 0 atom stereocenters. The maximum atomic E-state index is 12.4. The molecule has 0 aliphatic carbocycles. The molecular weight excluding hydrogens is 428 g/mol. The Kier molecular flexibility index (Phi) is 6.97. The van der Waals surface area contributed by atoms with Gasteiger partial charge in [0, 0.05) is 21.7 Å². The molecule has 0 bridgehead atoms. The van der Waals surface area contributed by atoms with Crippen LogP contribution in [-0.4, -0.2) is 16.6 Å². The van der Waals surface area contributed by atoms with E-state index in [0.717, 1.165) is 27.8 Å². The van der Waals surface area contributed by atoms with Crippen LogP contribution < -0.4 is 10.6 Å². The summed E-state index contributed by atoms with van der Waals surface area (Å²) in [4.78, 5) is 17.4. The first-order valence-electron chi connectivity index (χ1n) is 10.1. The standard InChI is InChI=1S/C25H21F2N3OS/c26-25(27)32-22-13-11-20(12-14-22)30-24(31)15-17-5-8-19(9-6-17)28-16-21-10-7-18-3-1-2-4-23(18)29-21/h1-14,25,28H,15-16H2,(H,30,31). The second kappa shape index (κ2) is 10.2. The van der Waals surface area contributed by atoms with Gasteiger partial charge < -0.3 is 10.6 Å². The number of anilines is 2. The molecule has 7 heteroatoms. The number of para-hydroxylation sites is 1. The van der Waals surface area contributed by atoms with Crippen molar-refractivity contribution in [3.63, 3.8) is 0 Å². The molecule has 0 saturated heterocycles. The molecule has 0 saturated carbocycles. The van der Waals surface area contributed by atoms with Crippen molar-refractivity contribution in [1.82, 2.24) is 4.98 Å². The number of hydrogen-bond donors (Lipinski definition) is 2. The molecule has 1 amide bonds. The van der Waals surface area contributed by atoms with Crippen LogP contribution in [0.2, 0.25) is 0 Å². The zero-order valence-corrected chi connectivity index (χ0v) is 17.9. The van der Waals surface area contributed by atoms with Crippen molar-refractivity contribution in [2.45, 2.75) is 23.6 Å². The minimum absolute atomic E-state index is 0.166. The smallest absolute Gasteiger partial charge is 0.288 e.